The van der Waals surface area contributed by atoms with Gasteiger partial charge in [0.15, 0.2) is 0 Å². The molecule has 1 aliphatic heterocycles. The second-order valence-corrected chi connectivity index (χ2v) is 8.27. The lowest BCUT2D eigenvalue weighted by atomic mass is 9.99. The van der Waals surface area contributed by atoms with Crippen molar-refractivity contribution in [3.8, 4) is 0 Å². The summed E-state index contributed by atoms with van der Waals surface area (Å²) < 4.78 is 0. The summed E-state index contributed by atoms with van der Waals surface area (Å²) in [5, 5.41) is 5.07. The number of thiophene rings is 1. The van der Waals surface area contributed by atoms with Crippen LogP contribution < -0.4 is 10.2 Å². The van der Waals surface area contributed by atoms with E-state index in [1.807, 2.05) is 11.6 Å². The van der Waals surface area contributed by atoms with Gasteiger partial charge in [-0.25, -0.2) is 4.98 Å². The highest BCUT2D eigenvalue weighted by Gasteiger charge is 2.28. The second kappa shape index (κ2) is 7.16. The monoisotopic (exact) mass is 355 g/mol. The van der Waals surface area contributed by atoms with Gasteiger partial charge in [0, 0.05) is 25.8 Å². The van der Waals surface area contributed by atoms with Gasteiger partial charge in [-0.3, -0.25) is 4.79 Å². The minimum atomic E-state index is 0.0472. The molecule has 0 radical (unpaired) electrons. The molecule has 2 fully saturated rings. The molecule has 1 saturated heterocycles. The third-order valence-electron chi connectivity index (χ3n) is 5.29. The molecular weight excluding hydrogens is 330 g/mol. The zero-order valence-electron chi connectivity index (χ0n) is 14.7. The first-order chi connectivity index (χ1) is 12.2. The van der Waals surface area contributed by atoms with Crippen molar-refractivity contribution in [2.24, 2.45) is 5.92 Å². The lowest BCUT2D eigenvalue weighted by Gasteiger charge is -2.31. The molecule has 5 heteroatoms. The summed E-state index contributed by atoms with van der Waals surface area (Å²) in [7, 11) is 0. The predicted octanol–water partition coefficient (Wildman–Crippen LogP) is 4.19. The van der Waals surface area contributed by atoms with Gasteiger partial charge in [0.2, 0.25) is 0 Å². The quantitative estimate of drug-likeness (QED) is 0.875. The van der Waals surface area contributed by atoms with Crippen molar-refractivity contribution in [3.63, 3.8) is 0 Å². The van der Waals surface area contributed by atoms with E-state index in [1.165, 1.54) is 31.2 Å². The summed E-state index contributed by atoms with van der Waals surface area (Å²) in [6.45, 7) is 5.03. The molecule has 0 aromatic carbocycles. The Morgan fingerprint density at radius 2 is 2.04 bits per heavy atom. The lowest BCUT2D eigenvalue weighted by Crippen LogP contribution is -2.33. The molecule has 0 bridgehead atoms. The first-order valence-electron chi connectivity index (χ1n) is 9.26. The van der Waals surface area contributed by atoms with Crippen LogP contribution in [-0.2, 0) is 6.54 Å². The van der Waals surface area contributed by atoms with E-state index in [4.69, 9.17) is 0 Å². The van der Waals surface area contributed by atoms with Crippen LogP contribution in [0.3, 0.4) is 0 Å². The van der Waals surface area contributed by atoms with Gasteiger partial charge in [-0.1, -0.05) is 13.0 Å². The minimum absolute atomic E-state index is 0.0472. The van der Waals surface area contributed by atoms with Gasteiger partial charge in [0.1, 0.15) is 5.82 Å². The number of rotatable bonds is 5. The van der Waals surface area contributed by atoms with Crippen molar-refractivity contribution >= 4 is 23.1 Å². The van der Waals surface area contributed by atoms with Crippen LogP contribution in [0.4, 0.5) is 5.82 Å². The minimum Gasteiger partial charge on any atom is -0.357 e. The Hall–Kier alpha value is -1.88. The zero-order valence-corrected chi connectivity index (χ0v) is 15.5. The SMILES string of the molecule is CC1CCN(c2ccc(CNC(=O)c3sccc3C3CC3)cn2)CC1. The molecular formula is C20H25N3OS. The number of carbonyl (C=O) groups is 1. The highest BCUT2D eigenvalue weighted by molar-refractivity contribution is 7.12. The van der Waals surface area contributed by atoms with E-state index in [9.17, 15) is 4.79 Å². The average molecular weight is 356 g/mol. The molecule has 4 nitrogen and oxygen atoms in total. The molecule has 3 heterocycles. The van der Waals surface area contributed by atoms with Gasteiger partial charge < -0.3 is 10.2 Å². The third-order valence-corrected chi connectivity index (χ3v) is 6.22. The number of hydrogen-bond donors (Lipinski definition) is 1. The lowest BCUT2D eigenvalue weighted by molar-refractivity contribution is 0.0954. The molecule has 1 saturated carbocycles. The number of piperidine rings is 1. The number of pyridine rings is 1. The molecule has 2 aliphatic rings. The van der Waals surface area contributed by atoms with E-state index in [0.717, 1.165) is 35.3 Å². The van der Waals surface area contributed by atoms with Gasteiger partial charge in [0.25, 0.3) is 5.91 Å². The Kier molecular flexibility index (Phi) is 4.75. The largest absolute Gasteiger partial charge is 0.357 e. The molecule has 25 heavy (non-hydrogen) atoms. The molecule has 2 aromatic heterocycles. The number of nitrogens with zero attached hydrogens (tertiary/aromatic N) is 2. The molecule has 0 spiro atoms. The van der Waals surface area contributed by atoms with Crippen LogP contribution in [0.1, 0.15) is 59.3 Å². The van der Waals surface area contributed by atoms with Crippen molar-refractivity contribution in [2.45, 2.75) is 45.1 Å². The second-order valence-electron chi connectivity index (χ2n) is 7.36. The summed E-state index contributed by atoms with van der Waals surface area (Å²) in [4.78, 5) is 20.3. The average Bonchev–Trinajstić information content (AvgIpc) is 3.37. The van der Waals surface area contributed by atoms with Crippen LogP contribution >= 0.6 is 11.3 Å². The summed E-state index contributed by atoms with van der Waals surface area (Å²) in [6.07, 6.45) is 6.81. The van der Waals surface area contributed by atoms with Crippen LogP contribution in [0.5, 0.6) is 0 Å². The predicted molar refractivity (Wildman–Crippen MR) is 102 cm³/mol. The van der Waals surface area contributed by atoms with Gasteiger partial charge in [-0.05, 0) is 66.2 Å². The van der Waals surface area contributed by atoms with Crippen LogP contribution in [-0.4, -0.2) is 24.0 Å². The van der Waals surface area contributed by atoms with Crippen molar-refractivity contribution in [1.29, 1.82) is 0 Å². The van der Waals surface area contributed by atoms with Crippen molar-refractivity contribution < 1.29 is 4.79 Å². The molecule has 1 amide bonds. The number of carbonyl (C=O) groups excluding carboxylic acids is 1. The van der Waals surface area contributed by atoms with Crippen molar-refractivity contribution in [3.05, 3.63) is 45.8 Å². The topological polar surface area (TPSA) is 45.2 Å². The first-order valence-corrected chi connectivity index (χ1v) is 10.1. The smallest absolute Gasteiger partial charge is 0.261 e. The van der Waals surface area contributed by atoms with Crippen LogP contribution in [0, 0.1) is 5.92 Å². The molecule has 2 aromatic rings. The van der Waals surface area contributed by atoms with E-state index < -0.39 is 0 Å². The normalized spacial score (nSPS) is 18.4. The van der Waals surface area contributed by atoms with Crippen LogP contribution in [0.15, 0.2) is 29.8 Å². The summed E-state index contributed by atoms with van der Waals surface area (Å²) in [6, 6.07) is 6.27. The van der Waals surface area contributed by atoms with Crippen molar-refractivity contribution in [2.75, 3.05) is 18.0 Å². The number of nitrogens with one attached hydrogen (secondary N) is 1. The Labute approximate surface area is 153 Å². The first kappa shape index (κ1) is 16.6. The molecule has 1 N–H and O–H groups in total. The van der Waals surface area contributed by atoms with Gasteiger partial charge in [-0.2, -0.15) is 0 Å². The Morgan fingerprint density at radius 1 is 1.24 bits per heavy atom. The van der Waals surface area contributed by atoms with E-state index in [1.54, 1.807) is 11.3 Å². The number of anilines is 1. The number of hydrogen-bond acceptors (Lipinski definition) is 4. The number of amides is 1. The van der Waals surface area contributed by atoms with Gasteiger partial charge >= 0.3 is 0 Å². The maximum Gasteiger partial charge on any atom is 0.261 e. The van der Waals surface area contributed by atoms with Crippen LogP contribution in [0.2, 0.25) is 0 Å². The fourth-order valence-corrected chi connectivity index (χ4v) is 4.33. The third kappa shape index (κ3) is 3.87. The van der Waals surface area contributed by atoms with E-state index >= 15 is 0 Å². The van der Waals surface area contributed by atoms with Gasteiger partial charge in [-0.15, -0.1) is 11.3 Å². The summed E-state index contributed by atoms with van der Waals surface area (Å²) in [5.74, 6) is 2.53. The van der Waals surface area contributed by atoms with E-state index in [-0.39, 0.29) is 5.91 Å². The van der Waals surface area contributed by atoms with E-state index in [2.05, 4.69) is 40.3 Å². The van der Waals surface area contributed by atoms with Gasteiger partial charge in [0.05, 0.1) is 4.88 Å². The Balaban J connectivity index is 1.33. The molecule has 1 aliphatic carbocycles. The number of aromatic nitrogens is 1. The molecule has 132 valence electrons. The molecule has 0 unspecified atom stereocenters. The maximum atomic E-state index is 12.4. The molecule has 4 rings (SSSR count). The van der Waals surface area contributed by atoms with E-state index in [0.29, 0.717) is 12.5 Å². The summed E-state index contributed by atoms with van der Waals surface area (Å²) >= 11 is 1.55. The Morgan fingerprint density at radius 3 is 2.72 bits per heavy atom. The zero-order chi connectivity index (χ0) is 17.2. The highest BCUT2D eigenvalue weighted by atomic mass is 32.1. The Bertz CT molecular complexity index is 728. The highest BCUT2D eigenvalue weighted by Crippen LogP contribution is 2.43. The fraction of sp³-hybridized carbons (Fsp3) is 0.500. The fourth-order valence-electron chi connectivity index (χ4n) is 3.43. The molecule has 0 atom stereocenters. The summed E-state index contributed by atoms with van der Waals surface area (Å²) in [5.41, 5.74) is 2.28. The standard InChI is InChI=1S/C20H25N3OS/c1-14-6-9-23(10-7-14)18-5-2-15(12-21-18)13-22-20(24)19-17(8-11-25-19)16-3-4-16/h2,5,8,11-12,14,16H,3-4,6-7,9-10,13H2,1H3,(H,22,24). The van der Waals surface area contributed by atoms with Crippen molar-refractivity contribution in [1.82, 2.24) is 10.3 Å². The maximum absolute atomic E-state index is 12.4. The van der Waals surface area contributed by atoms with Crippen LogP contribution in [0.25, 0.3) is 0 Å².